The van der Waals surface area contributed by atoms with Crippen LogP contribution >= 0.6 is 23.2 Å². The molecule has 0 unspecified atom stereocenters. The van der Waals surface area contributed by atoms with Crippen LogP contribution in [0.3, 0.4) is 0 Å². The summed E-state index contributed by atoms with van der Waals surface area (Å²) in [5.41, 5.74) is 7.36. The standard InChI is InChI=1S/C40H28Cl2N12O10/c1-63-37-19-31(33(41)21-35(37)45-49-39(23-3-11-27(12-4-23)51(55)56)47-43-25-7-15-29(16-8-25)53(59)60)32-20-38(64-2)36(22-34(32)42)46-50-40(24-5-13-28(14-6-24)52(57)58)48-44-26-9-17-30(18-10-26)54(61)62/h3-22,43-44H,1-2H3. The van der Waals surface area contributed by atoms with Crippen LogP contribution in [0.5, 0.6) is 11.5 Å². The van der Waals surface area contributed by atoms with E-state index in [0.29, 0.717) is 33.6 Å². The Hall–Kier alpha value is -8.76. The third-order valence-electron chi connectivity index (χ3n) is 8.74. The number of hydrogen-bond donors (Lipinski definition) is 2. The highest BCUT2D eigenvalue weighted by atomic mass is 35.5. The van der Waals surface area contributed by atoms with Gasteiger partial charge in [-0.3, -0.25) is 51.3 Å². The van der Waals surface area contributed by atoms with Crippen molar-refractivity contribution in [1.29, 1.82) is 0 Å². The Morgan fingerprint density at radius 2 is 0.781 bits per heavy atom. The number of azo groups is 2. The number of nitro benzene ring substituents is 4. The predicted octanol–water partition coefficient (Wildman–Crippen LogP) is 11.4. The van der Waals surface area contributed by atoms with Crippen molar-refractivity contribution in [2.75, 3.05) is 25.1 Å². The van der Waals surface area contributed by atoms with E-state index in [0.717, 1.165) is 0 Å². The zero-order chi connectivity index (χ0) is 45.9. The summed E-state index contributed by atoms with van der Waals surface area (Å²) in [5.74, 6) is 0.324. The molecule has 322 valence electrons. The Balaban J connectivity index is 1.31. The zero-order valence-electron chi connectivity index (χ0n) is 32.9. The first kappa shape index (κ1) is 44.8. The summed E-state index contributed by atoms with van der Waals surface area (Å²) >= 11 is 13.6. The number of methoxy groups -OCH3 is 2. The van der Waals surface area contributed by atoms with Gasteiger partial charge in [-0.15, -0.1) is 20.5 Å². The fourth-order valence-electron chi connectivity index (χ4n) is 5.49. The quantitative estimate of drug-likeness (QED) is 0.0320. The fourth-order valence-corrected chi connectivity index (χ4v) is 6.01. The monoisotopic (exact) mass is 906 g/mol. The molecule has 0 aromatic heterocycles. The van der Waals surface area contributed by atoms with Crippen LogP contribution in [-0.2, 0) is 0 Å². The number of nitrogens with one attached hydrogen (secondary N) is 2. The summed E-state index contributed by atoms with van der Waals surface area (Å²) in [6.45, 7) is 0. The van der Waals surface area contributed by atoms with Crippen molar-refractivity contribution >= 4 is 80.4 Å². The molecule has 0 atom stereocenters. The third-order valence-corrected chi connectivity index (χ3v) is 9.37. The molecule has 0 amide bonds. The van der Waals surface area contributed by atoms with Gasteiger partial charge in [-0.2, -0.15) is 10.2 Å². The number of halogens is 2. The van der Waals surface area contributed by atoms with Gasteiger partial charge in [0.1, 0.15) is 22.9 Å². The van der Waals surface area contributed by atoms with Gasteiger partial charge in [0.05, 0.1) is 55.3 Å². The average Bonchev–Trinajstić information content (AvgIpc) is 3.29. The van der Waals surface area contributed by atoms with Crippen LogP contribution in [0.15, 0.2) is 152 Å². The fraction of sp³-hybridized carbons (Fsp3) is 0.0500. The molecule has 0 aliphatic heterocycles. The van der Waals surface area contributed by atoms with Crippen LogP contribution in [0.25, 0.3) is 11.1 Å². The molecule has 6 rings (SSSR count). The summed E-state index contributed by atoms with van der Waals surface area (Å²) in [7, 11) is 2.78. The maximum absolute atomic E-state index is 11.3. The maximum Gasteiger partial charge on any atom is 0.269 e. The number of nitro groups is 4. The lowest BCUT2D eigenvalue weighted by atomic mass is 10.0. The first-order valence-corrected chi connectivity index (χ1v) is 18.7. The van der Waals surface area contributed by atoms with E-state index in [9.17, 15) is 40.5 Å². The molecule has 24 heteroatoms. The number of benzene rings is 6. The lowest BCUT2D eigenvalue weighted by Gasteiger charge is -2.14. The molecule has 2 N–H and O–H groups in total. The highest BCUT2D eigenvalue weighted by Gasteiger charge is 2.19. The molecule has 0 fully saturated rings. The SMILES string of the molecule is COc1cc(-c2cc(OC)c(N=NC(=NNc3ccc([N+](=O)[O-])cc3)c3ccc([N+](=O)[O-])cc3)cc2Cl)c(Cl)cc1N=NC(=NNc1ccc([N+](=O)[O-])cc1)c1ccc([N+](=O)[O-])cc1. The number of rotatable bonds is 15. The van der Waals surface area contributed by atoms with E-state index in [1.807, 2.05) is 0 Å². The second-order valence-electron chi connectivity index (χ2n) is 12.7. The van der Waals surface area contributed by atoms with Crippen molar-refractivity contribution in [1.82, 2.24) is 0 Å². The molecule has 6 aromatic rings. The zero-order valence-corrected chi connectivity index (χ0v) is 34.4. The Morgan fingerprint density at radius 3 is 1.06 bits per heavy atom. The van der Waals surface area contributed by atoms with Crippen molar-refractivity contribution in [2.24, 2.45) is 30.7 Å². The normalized spacial score (nSPS) is 11.7. The number of nitrogens with zero attached hydrogens (tertiary/aromatic N) is 10. The van der Waals surface area contributed by atoms with Crippen molar-refractivity contribution in [3.05, 3.63) is 183 Å². The van der Waals surface area contributed by atoms with E-state index in [1.54, 1.807) is 12.1 Å². The van der Waals surface area contributed by atoms with Crippen molar-refractivity contribution in [2.45, 2.75) is 0 Å². The van der Waals surface area contributed by atoms with Crippen molar-refractivity contribution < 1.29 is 29.2 Å². The number of ether oxygens (including phenoxy) is 2. The molecule has 0 aliphatic rings. The summed E-state index contributed by atoms with van der Waals surface area (Å²) in [6, 6.07) is 27.6. The van der Waals surface area contributed by atoms with E-state index >= 15 is 0 Å². The van der Waals surface area contributed by atoms with Crippen molar-refractivity contribution in [3.8, 4) is 22.6 Å². The van der Waals surface area contributed by atoms with Gasteiger partial charge in [0.25, 0.3) is 22.7 Å². The van der Waals surface area contributed by atoms with Gasteiger partial charge in [0.15, 0.2) is 0 Å². The Kier molecular flexibility index (Phi) is 14.1. The number of anilines is 2. The number of non-ortho nitro benzene ring substituents is 4. The van der Waals surface area contributed by atoms with Crippen molar-refractivity contribution in [3.63, 3.8) is 0 Å². The van der Waals surface area contributed by atoms with E-state index in [-0.39, 0.29) is 67.3 Å². The van der Waals surface area contributed by atoms with Gasteiger partial charge in [-0.25, -0.2) is 0 Å². The lowest BCUT2D eigenvalue weighted by Crippen LogP contribution is -2.02. The van der Waals surface area contributed by atoms with Gasteiger partial charge in [-0.1, -0.05) is 23.2 Å². The summed E-state index contributed by atoms with van der Waals surface area (Å²) in [5, 5.41) is 70.8. The van der Waals surface area contributed by atoms with Crippen LogP contribution in [-0.4, -0.2) is 45.6 Å². The molecule has 0 saturated carbocycles. The highest BCUT2D eigenvalue weighted by Crippen LogP contribution is 2.45. The summed E-state index contributed by atoms with van der Waals surface area (Å²) in [4.78, 5) is 42.5. The Labute approximate surface area is 369 Å². The van der Waals surface area contributed by atoms with E-state index in [4.69, 9.17) is 32.7 Å². The van der Waals surface area contributed by atoms with E-state index in [2.05, 4.69) is 41.5 Å². The molecule has 0 spiro atoms. The predicted molar refractivity (Wildman–Crippen MR) is 237 cm³/mol. The molecule has 22 nitrogen and oxygen atoms in total. The van der Waals surface area contributed by atoms with Crippen LogP contribution in [0.1, 0.15) is 11.1 Å². The minimum Gasteiger partial charge on any atom is -0.494 e. The number of hydrogen-bond acceptors (Lipinski definition) is 16. The van der Waals surface area contributed by atoms with Crippen LogP contribution in [0, 0.1) is 40.5 Å². The minimum absolute atomic E-state index is 0.0306. The van der Waals surface area contributed by atoms with Gasteiger partial charge in [0.2, 0.25) is 11.7 Å². The van der Waals surface area contributed by atoms with Crippen LogP contribution in [0.4, 0.5) is 45.5 Å². The second-order valence-corrected chi connectivity index (χ2v) is 13.5. The maximum atomic E-state index is 11.3. The topological polar surface area (TPSA) is 289 Å². The summed E-state index contributed by atoms with van der Waals surface area (Å²) in [6.07, 6.45) is 0. The van der Waals surface area contributed by atoms with Crippen LogP contribution in [0.2, 0.25) is 10.0 Å². The molecule has 0 saturated heterocycles. The highest BCUT2D eigenvalue weighted by molar-refractivity contribution is 6.37. The molecule has 0 bridgehead atoms. The molecular weight excluding hydrogens is 879 g/mol. The molecule has 64 heavy (non-hydrogen) atoms. The van der Waals surface area contributed by atoms with Crippen LogP contribution < -0.4 is 20.3 Å². The number of amidine groups is 2. The minimum atomic E-state index is -0.563. The van der Waals surface area contributed by atoms with Gasteiger partial charge in [-0.05, 0) is 72.8 Å². The molecular formula is C40H28Cl2N12O10. The first-order chi connectivity index (χ1) is 30.7. The number of hydrazone groups is 2. The third kappa shape index (κ3) is 10.9. The smallest absolute Gasteiger partial charge is 0.269 e. The average molecular weight is 908 g/mol. The largest absolute Gasteiger partial charge is 0.494 e. The molecule has 0 aliphatic carbocycles. The molecule has 6 aromatic carbocycles. The first-order valence-electron chi connectivity index (χ1n) is 18.0. The van der Waals surface area contributed by atoms with Gasteiger partial charge in [0, 0.05) is 70.8 Å². The Bertz CT molecular complexity index is 2680. The summed E-state index contributed by atoms with van der Waals surface area (Å²) < 4.78 is 11.3. The second kappa shape index (κ2) is 20.2. The molecule has 0 heterocycles. The van der Waals surface area contributed by atoms with Gasteiger partial charge < -0.3 is 9.47 Å². The van der Waals surface area contributed by atoms with E-state index < -0.39 is 19.7 Å². The van der Waals surface area contributed by atoms with Gasteiger partial charge >= 0.3 is 0 Å². The Morgan fingerprint density at radius 1 is 0.484 bits per heavy atom. The molecule has 0 radical (unpaired) electrons. The van der Waals surface area contributed by atoms with E-state index in [1.165, 1.54) is 123 Å². The lowest BCUT2D eigenvalue weighted by molar-refractivity contribution is -0.385.